The van der Waals surface area contributed by atoms with Gasteiger partial charge in [0.25, 0.3) is 0 Å². The van der Waals surface area contributed by atoms with Gasteiger partial charge in [0.2, 0.25) is 0 Å². The van der Waals surface area contributed by atoms with Crippen molar-refractivity contribution in [3.63, 3.8) is 0 Å². The van der Waals surface area contributed by atoms with Gasteiger partial charge in [-0.3, -0.25) is 9.55 Å². The summed E-state index contributed by atoms with van der Waals surface area (Å²) in [7, 11) is 0. The minimum atomic E-state index is 0.793. The lowest BCUT2D eigenvalue weighted by Gasteiger charge is -2.09. The van der Waals surface area contributed by atoms with E-state index in [2.05, 4.69) is 75.2 Å². The molecule has 36 heavy (non-hydrogen) atoms. The third kappa shape index (κ3) is 2.92. The highest BCUT2D eigenvalue weighted by molar-refractivity contribution is 7.44. The van der Waals surface area contributed by atoms with Crippen molar-refractivity contribution in [3.05, 3.63) is 103 Å². The number of nitrogens with zero attached hydrogens (tertiary/aromatic N) is 3. The van der Waals surface area contributed by atoms with Gasteiger partial charge in [-0.05, 0) is 60.7 Å². The second kappa shape index (κ2) is 7.62. The maximum atomic E-state index is 6.44. The number of hydrogen-bond acceptors (Lipinski definition) is 5. The number of fused-ring (bicyclic) bond motifs is 8. The summed E-state index contributed by atoms with van der Waals surface area (Å²) < 4.78 is 12.4. The Kier molecular flexibility index (Phi) is 4.23. The van der Waals surface area contributed by atoms with Crippen molar-refractivity contribution in [2.24, 2.45) is 0 Å². The van der Waals surface area contributed by atoms with Gasteiger partial charge in [-0.15, -0.1) is 22.7 Å². The summed E-state index contributed by atoms with van der Waals surface area (Å²) in [4.78, 5) is 9.30. The number of aromatic nitrogens is 3. The van der Waals surface area contributed by atoms with E-state index in [4.69, 9.17) is 4.74 Å². The summed E-state index contributed by atoms with van der Waals surface area (Å²) in [6, 6.07) is 31.2. The molecule has 3 aromatic carbocycles. The van der Waals surface area contributed by atoms with Gasteiger partial charge in [-0.2, -0.15) is 0 Å². The number of hydrogen-bond donors (Lipinski definition) is 0. The predicted octanol–water partition coefficient (Wildman–Crippen LogP) is 8.95. The molecule has 5 heterocycles. The summed E-state index contributed by atoms with van der Waals surface area (Å²) in [6.45, 7) is 0. The lowest BCUT2D eigenvalue weighted by Crippen LogP contribution is -1.96. The molecule has 0 bridgehead atoms. The first-order valence-corrected chi connectivity index (χ1v) is 13.3. The van der Waals surface area contributed by atoms with E-state index in [-0.39, 0.29) is 0 Å². The van der Waals surface area contributed by atoms with Gasteiger partial charge in [-0.25, -0.2) is 4.98 Å². The van der Waals surface area contributed by atoms with E-state index in [0.717, 1.165) is 33.9 Å². The van der Waals surface area contributed by atoms with Crippen LogP contribution < -0.4 is 4.74 Å². The Labute approximate surface area is 213 Å². The molecular formula is C30H17N3OS2. The minimum absolute atomic E-state index is 0.793. The van der Waals surface area contributed by atoms with E-state index in [9.17, 15) is 0 Å². The minimum Gasteiger partial charge on any atom is -0.457 e. The number of benzene rings is 3. The Bertz CT molecular complexity index is 2090. The molecule has 0 saturated carbocycles. The fourth-order valence-corrected chi connectivity index (χ4v) is 7.58. The van der Waals surface area contributed by atoms with Crippen LogP contribution in [-0.4, -0.2) is 14.5 Å². The van der Waals surface area contributed by atoms with Gasteiger partial charge in [0.15, 0.2) is 0 Å². The third-order valence-electron chi connectivity index (χ3n) is 6.60. The molecule has 8 rings (SSSR count). The maximum absolute atomic E-state index is 6.44. The van der Waals surface area contributed by atoms with Crippen molar-refractivity contribution >= 4 is 74.2 Å². The molecule has 170 valence electrons. The molecule has 0 aliphatic heterocycles. The van der Waals surface area contributed by atoms with Gasteiger partial charge in [0.1, 0.15) is 17.3 Å². The van der Waals surface area contributed by atoms with E-state index >= 15 is 0 Å². The second-order valence-electron chi connectivity index (χ2n) is 8.70. The van der Waals surface area contributed by atoms with E-state index < -0.39 is 0 Å². The van der Waals surface area contributed by atoms with Gasteiger partial charge < -0.3 is 4.74 Å². The Morgan fingerprint density at radius 3 is 2.36 bits per heavy atom. The summed E-state index contributed by atoms with van der Waals surface area (Å²) >= 11 is 3.63. The topological polar surface area (TPSA) is 39.9 Å². The van der Waals surface area contributed by atoms with Crippen LogP contribution in [0.5, 0.6) is 11.5 Å². The van der Waals surface area contributed by atoms with Crippen molar-refractivity contribution in [1.29, 1.82) is 0 Å². The van der Waals surface area contributed by atoms with Crippen molar-refractivity contribution < 1.29 is 4.74 Å². The Balaban J connectivity index is 1.29. The normalized spacial score (nSPS) is 11.9. The summed E-state index contributed by atoms with van der Waals surface area (Å²) in [5.41, 5.74) is 3.27. The molecule has 0 N–H and O–H groups in total. The van der Waals surface area contributed by atoms with Crippen molar-refractivity contribution in [2.45, 2.75) is 0 Å². The van der Waals surface area contributed by atoms with Gasteiger partial charge in [-0.1, -0.05) is 24.3 Å². The molecule has 0 radical (unpaired) electrons. The first-order chi connectivity index (χ1) is 17.8. The Morgan fingerprint density at radius 1 is 0.611 bits per heavy atom. The third-order valence-corrected chi connectivity index (χ3v) is 9.00. The fraction of sp³-hybridized carbons (Fsp3) is 0. The van der Waals surface area contributed by atoms with Crippen LogP contribution in [0.25, 0.3) is 57.3 Å². The van der Waals surface area contributed by atoms with Crippen LogP contribution in [0, 0.1) is 0 Å². The molecule has 0 fully saturated rings. The number of ether oxygens (including phenoxy) is 1. The first-order valence-electron chi connectivity index (χ1n) is 11.7. The largest absolute Gasteiger partial charge is 0.457 e. The number of para-hydroxylation sites is 1. The van der Waals surface area contributed by atoms with Crippen LogP contribution in [0.4, 0.5) is 0 Å². The lowest BCUT2D eigenvalue weighted by atomic mass is 10.1. The van der Waals surface area contributed by atoms with E-state index in [0.29, 0.717) is 0 Å². The maximum Gasteiger partial charge on any atom is 0.137 e. The monoisotopic (exact) mass is 499 g/mol. The number of pyridine rings is 2. The number of thiophene rings is 2. The highest BCUT2D eigenvalue weighted by atomic mass is 32.2. The van der Waals surface area contributed by atoms with Crippen LogP contribution in [0.2, 0.25) is 0 Å². The first kappa shape index (κ1) is 20.0. The predicted molar refractivity (Wildman–Crippen MR) is 151 cm³/mol. The van der Waals surface area contributed by atoms with Crippen LogP contribution >= 0.6 is 22.7 Å². The summed E-state index contributed by atoms with van der Waals surface area (Å²) in [6.07, 6.45) is 3.70. The zero-order chi connectivity index (χ0) is 23.6. The van der Waals surface area contributed by atoms with Crippen molar-refractivity contribution in [2.75, 3.05) is 0 Å². The van der Waals surface area contributed by atoms with E-state index in [1.54, 1.807) is 11.3 Å². The molecule has 0 aliphatic rings. The molecule has 0 saturated heterocycles. The Morgan fingerprint density at radius 2 is 1.42 bits per heavy atom. The second-order valence-corrected chi connectivity index (χ2v) is 11.1. The van der Waals surface area contributed by atoms with Gasteiger partial charge >= 0.3 is 0 Å². The zero-order valence-electron chi connectivity index (χ0n) is 18.9. The van der Waals surface area contributed by atoms with Crippen LogP contribution in [-0.2, 0) is 0 Å². The molecule has 5 aromatic heterocycles. The van der Waals surface area contributed by atoms with E-state index in [1.807, 2.05) is 54.1 Å². The average molecular weight is 500 g/mol. The standard InChI is InChI=1S/C30H17N3OS2/c1-2-7-23-20(6-1)21-12-10-19(17-24(21)33(23)27-9-3-4-14-31-27)34-18-11-13-25-22(16-18)28-29-26(8-5-15-32-29)36-30(28)35-25/h1-17H. The molecule has 6 heteroatoms. The molecular weight excluding hydrogens is 482 g/mol. The molecule has 4 nitrogen and oxygen atoms in total. The van der Waals surface area contributed by atoms with Crippen molar-refractivity contribution in [1.82, 2.24) is 14.5 Å². The average Bonchev–Trinajstić information content (AvgIpc) is 3.56. The molecule has 0 spiro atoms. The molecule has 0 amide bonds. The fourth-order valence-electron chi connectivity index (χ4n) is 5.06. The van der Waals surface area contributed by atoms with E-state index in [1.165, 1.54) is 35.0 Å². The molecule has 0 aliphatic carbocycles. The summed E-state index contributed by atoms with van der Waals surface area (Å²) in [5, 5.41) is 4.80. The number of rotatable bonds is 3. The smallest absolute Gasteiger partial charge is 0.137 e. The van der Waals surface area contributed by atoms with Crippen LogP contribution in [0.1, 0.15) is 0 Å². The van der Waals surface area contributed by atoms with Gasteiger partial charge in [0.05, 0.1) is 25.3 Å². The van der Waals surface area contributed by atoms with Gasteiger partial charge in [0, 0.05) is 44.7 Å². The highest BCUT2D eigenvalue weighted by Crippen LogP contribution is 2.44. The van der Waals surface area contributed by atoms with Crippen LogP contribution in [0.3, 0.4) is 0 Å². The lowest BCUT2D eigenvalue weighted by molar-refractivity contribution is 0.484. The Hall–Kier alpha value is -4.26. The highest BCUT2D eigenvalue weighted by Gasteiger charge is 2.16. The van der Waals surface area contributed by atoms with Crippen molar-refractivity contribution in [3.8, 4) is 17.3 Å². The quantitative estimate of drug-likeness (QED) is 0.244. The SMILES string of the molecule is c1ccc(-n2c3ccccc3c3ccc(Oc4ccc5sc6sc7cccnc7c6c5c4)cc32)nc1. The molecule has 8 aromatic rings. The zero-order valence-corrected chi connectivity index (χ0v) is 20.5. The van der Waals surface area contributed by atoms with Crippen LogP contribution in [0.15, 0.2) is 103 Å². The molecule has 0 unspecified atom stereocenters. The summed E-state index contributed by atoms with van der Waals surface area (Å²) in [5.74, 6) is 2.50. The molecule has 0 atom stereocenters.